The van der Waals surface area contributed by atoms with Crippen LogP contribution in [0.1, 0.15) is 27.8 Å². The van der Waals surface area contributed by atoms with Crippen LogP contribution in [-0.2, 0) is 9.53 Å². The van der Waals surface area contributed by atoms with Crippen molar-refractivity contribution in [3.63, 3.8) is 0 Å². The lowest BCUT2D eigenvalue weighted by atomic mass is 10.1. The molecule has 2 aromatic rings. The minimum atomic E-state index is -0.735. The summed E-state index contributed by atoms with van der Waals surface area (Å²) in [5, 5.41) is 2.54. The number of ketones is 1. The Morgan fingerprint density at radius 3 is 2.73 bits per heavy atom. The SMILES string of the molecule is CC(=O)c1cccc(NC(=O)COC(=O)c2cnccn2)c1. The minimum Gasteiger partial charge on any atom is -0.451 e. The van der Waals surface area contributed by atoms with Crippen LogP contribution < -0.4 is 5.32 Å². The fourth-order valence-electron chi connectivity index (χ4n) is 1.62. The quantitative estimate of drug-likeness (QED) is 0.663. The van der Waals surface area contributed by atoms with E-state index in [1.54, 1.807) is 24.3 Å². The molecule has 0 spiro atoms. The molecule has 0 unspecified atom stereocenters. The zero-order valence-electron chi connectivity index (χ0n) is 11.8. The van der Waals surface area contributed by atoms with Gasteiger partial charge in [-0.3, -0.25) is 14.6 Å². The number of anilines is 1. The molecule has 0 bridgehead atoms. The molecule has 1 aromatic heterocycles. The van der Waals surface area contributed by atoms with Crippen LogP contribution >= 0.6 is 0 Å². The highest BCUT2D eigenvalue weighted by Crippen LogP contribution is 2.11. The van der Waals surface area contributed by atoms with Gasteiger partial charge in [-0.15, -0.1) is 0 Å². The van der Waals surface area contributed by atoms with Crippen molar-refractivity contribution in [1.29, 1.82) is 0 Å². The highest BCUT2D eigenvalue weighted by Gasteiger charge is 2.11. The maximum absolute atomic E-state index is 11.7. The Balaban J connectivity index is 1.89. The summed E-state index contributed by atoms with van der Waals surface area (Å²) >= 11 is 0. The number of hydrogen-bond acceptors (Lipinski definition) is 6. The summed E-state index contributed by atoms with van der Waals surface area (Å²) in [6.45, 7) is 0.976. The van der Waals surface area contributed by atoms with Crippen molar-refractivity contribution < 1.29 is 19.1 Å². The number of nitrogens with one attached hydrogen (secondary N) is 1. The smallest absolute Gasteiger partial charge is 0.359 e. The predicted molar refractivity (Wildman–Crippen MR) is 77.4 cm³/mol. The molecule has 0 saturated heterocycles. The molecule has 0 aliphatic heterocycles. The highest BCUT2D eigenvalue weighted by molar-refractivity contribution is 5.98. The van der Waals surface area contributed by atoms with Crippen LogP contribution in [-0.4, -0.2) is 34.2 Å². The van der Waals surface area contributed by atoms with Gasteiger partial charge in [0.05, 0.1) is 6.20 Å². The number of aromatic nitrogens is 2. The third-order valence-electron chi connectivity index (χ3n) is 2.66. The van der Waals surface area contributed by atoms with Gasteiger partial charge in [0.15, 0.2) is 18.1 Å². The van der Waals surface area contributed by atoms with Crippen LogP contribution in [0.5, 0.6) is 0 Å². The second-order valence-electron chi connectivity index (χ2n) is 4.35. The van der Waals surface area contributed by atoms with E-state index in [-0.39, 0.29) is 11.5 Å². The van der Waals surface area contributed by atoms with Crippen molar-refractivity contribution in [2.75, 3.05) is 11.9 Å². The fourth-order valence-corrected chi connectivity index (χ4v) is 1.62. The van der Waals surface area contributed by atoms with E-state index in [1.165, 1.54) is 25.5 Å². The lowest BCUT2D eigenvalue weighted by molar-refractivity contribution is -0.119. The molecular formula is C15H13N3O4. The summed E-state index contributed by atoms with van der Waals surface area (Å²) in [5.74, 6) is -1.36. The van der Waals surface area contributed by atoms with Crippen molar-refractivity contribution in [2.45, 2.75) is 6.92 Å². The number of Topliss-reactive ketones (excluding diaryl/α,β-unsaturated/α-hetero) is 1. The second-order valence-corrected chi connectivity index (χ2v) is 4.35. The van der Waals surface area contributed by atoms with Gasteiger partial charge < -0.3 is 10.1 Å². The summed E-state index contributed by atoms with van der Waals surface area (Å²) in [4.78, 5) is 42.1. The summed E-state index contributed by atoms with van der Waals surface area (Å²) in [6, 6.07) is 6.48. The van der Waals surface area contributed by atoms with E-state index in [4.69, 9.17) is 4.74 Å². The Kier molecular flexibility index (Phi) is 4.92. The van der Waals surface area contributed by atoms with Gasteiger partial charge in [-0.05, 0) is 19.1 Å². The maximum atomic E-state index is 11.7. The lowest BCUT2D eigenvalue weighted by Crippen LogP contribution is -2.21. The lowest BCUT2D eigenvalue weighted by Gasteiger charge is -2.07. The Labute approximate surface area is 126 Å². The first-order valence-electron chi connectivity index (χ1n) is 6.40. The van der Waals surface area contributed by atoms with Crippen molar-refractivity contribution in [3.8, 4) is 0 Å². The molecule has 22 heavy (non-hydrogen) atoms. The van der Waals surface area contributed by atoms with Gasteiger partial charge in [-0.25, -0.2) is 9.78 Å². The number of benzene rings is 1. The number of rotatable bonds is 5. The van der Waals surface area contributed by atoms with Crippen LogP contribution in [0.25, 0.3) is 0 Å². The zero-order chi connectivity index (χ0) is 15.9. The third-order valence-corrected chi connectivity index (χ3v) is 2.66. The van der Waals surface area contributed by atoms with Gasteiger partial charge in [-0.1, -0.05) is 12.1 Å². The van der Waals surface area contributed by atoms with Crippen LogP contribution in [0, 0.1) is 0 Å². The van der Waals surface area contributed by atoms with Gasteiger partial charge in [0, 0.05) is 23.6 Å². The van der Waals surface area contributed by atoms with Gasteiger partial charge in [-0.2, -0.15) is 0 Å². The monoisotopic (exact) mass is 299 g/mol. The maximum Gasteiger partial charge on any atom is 0.359 e. The number of esters is 1. The normalized spacial score (nSPS) is 9.86. The summed E-state index contributed by atoms with van der Waals surface area (Å²) in [5.41, 5.74) is 0.955. The van der Waals surface area contributed by atoms with E-state index in [2.05, 4.69) is 15.3 Å². The van der Waals surface area contributed by atoms with Crippen LogP contribution in [0.15, 0.2) is 42.9 Å². The third kappa shape index (κ3) is 4.20. The van der Waals surface area contributed by atoms with Gasteiger partial charge >= 0.3 is 5.97 Å². The summed E-state index contributed by atoms with van der Waals surface area (Å²) < 4.78 is 4.82. The number of amides is 1. The van der Waals surface area contributed by atoms with Crippen LogP contribution in [0.2, 0.25) is 0 Å². The zero-order valence-corrected chi connectivity index (χ0v) is 11.8. The largest absolute Gasteiger partial charge is 0.451 e. The van der Waals surface area contributed by atoms with Crippen molar-refractivity contribution in [2.24, 2.45) is 0 Å². The van der Waals surface area contributed by atoms with E-state index in [0.29, 0.717) is 11.3 Å². The molecular weight excluding hydrogens is 286 g/mol. The average Bonchev–Trinajstić information content (AvgIpc) is 2.53. The molecule has 0 aliphatic rings. The number of nitrogens with zero attached hydrogens (tertiary/aromatic N) is 2. The van der Waals surface area contributed by atoms with E-state index in [9.17, 15) is 14.4 Å². The Hall–Kier alpha value is -3.09. The molecule has 1 heterocycles. The molecule has 0 fully saturated rings. The number of ether oxygens (including phenoxy) is 1. The Bertz CT molecular complexity index is 701. The topological polar surface area (TPSA) is 98.2 Å². The van der Waals surface area contributed by atoms with E-state index >= 15 is 0 Å². The number of carbonyl (C=O) groups excluding carboxylic acids is 3. The number of hydrogen-bond donors (Lipinski definition) is 1. The van der Waals surface area contributed by atoms with E-state index in [0.717, 1.165) is 0 Å². The molecule has 0 atom stereocenters. The molecule has 0 aliphatic carbocycles. The minimum absolute atomic E-state index is 0.0221. The van der Waals surface area contributed by atoms with Crippen LogP contribution in [0.4, 0.5) is 5.69 Å². The first kappa shape index (κ1) is 15.3. The first-order valence-corrected chi connectivity index (χ1v) is 6.40. The van der Waals surface area contributed by atoms with Crippen molar-refractivity contribution >= 4 is 23.3 Å². The predicted octanol–water partition coefficient (Wildman–Crippen LogP) is 1.47. The Morgan fingerprint density at radius 2 is 2.05 bits per heavy atom. The van der Waals surface area contributed by atoms with Crippen molar-refractivity contribution in [3.05, 3.63) is 54.1 Å². The molecule has 2 rings (SSSR count). The van der Waals surface area contributed by atoms with Crippen molar-refractivity contribution in [1.82, 2.24) is 9.97 Å². The fraction of sp³-hybridized carbons (Fsp3) is 0.133. The summed E-state index contributed by atoms with van der Waals surface area (Å²) in [7, 11) is 0. The molecule has 112 valence electrons. The number of carbonyl (C=O) groups is 3. The molecule has 7 heteroatoms. The molecule has 7 nitrogen and oxygen atoms in total. The second kappa shape index (κ2) is 7.07. The average molecular weight is 299 g/mol. The molecule has 1 amide bonds. The highest BCUT2D eigenvalue weighted by atomic mass is 16.5. The molecule has 0 radical (unpaired) electrons. The summed E-state index contributed by atoms with van der Waals surface area (Å²) in [6.07, 6.45) is 4.02. The van der Waals surface area contributed by atoms with E-state index < -0.39 is 18.5 Å². The van der Waals surface area contributed by atoms with Gasteiger partial charge in [0.2, 0.25) is 0 Å². The molecule has 1 N–H and O–H groups in total. The first-order chi connectivity index (χ1) is 10.6. The van der Waals surface area contributed by atoms with Gasteiger partial charge in [0.1, 0.15) is 0 Å². The standard InChI is InChI=1S/C15H13N3O4/c1-10(19)11-3-2-4-12(7-11)18-14(20)9-22-15(21)13-8-16-5-6-17-13/h2-8H,9H2,1H3,(H,18,20). The molecule has 0 saturated carbocycles. The van der Waals surface area contributed by atoms with E-state index in [1.807, 2.05) is 0 Å². The molecule has 1 aromatic carbocycles. The van der Waals surface area contributed by atoms with Gasteiger partial charge in [0.25, 0.3) is 5.91 Å². The van der Waals surface area contributed by atoms with Crippen LogP contribution in [0.3, 0.4) is 0 Å². The Morgan fingerprint density at radius 1 is 1.23 bits per heavy atom.